The number of Topliss-reactive ketones (excluding diaryl/α,β-unsaturated/α-hetero) is 1. The third-order valence-electron chi connectivity index (χ3n) is 4.74. The topological polar surface area (TPSA) is 104 Å². The third-order valence-corrected chi connectivity index (χ3v) is 4.74. The molecule has 0 aliphatic rings. The number of unbranched alkanes of at least 4 members (excludes halogenated alkanes) is 8. The van der Waals surface area contributed by atoms with Gasteiger partial charge in [-0.3, -0.25) is 9.59 Å². The monoisotopic (exact) mass is 391 g/mol. The van der Waals surface area contributed by atoms with Crippen LogP contribution in [0.2, 0.25) is 0 Å². The average molecular weight is 392 g/mol. The molecule has 6 heteroatoms. The summed E-state index contributed by atoms with van der Waals surface area (Å²) in [6, 6.07) is 8.90. The number of nitrogens with one attached hydrogen (secondary N) is 1. The Morgan fingerprint density at radius 2 is 1.36 bits per heavy atom. The molecule has 0 saturated heterocycles. The van der Waals surface area contributed by atoms with Crippen LogP contribution in [0.15, 0.2) is 30.3 Å². The molecule has 1 aromatic rings. The fourth-order valence-corrected chi connectivity index (χ4v) is 3.10. The molecule has 3 N–H and O–H groups in total. The summed E-state index contributed by atoms with van der Waals surface area (Å²) in [5, 5.41) is 19.8. The smallest absolute Gasteiger partial charge is 0.334 e. The highest BCUT2D eigenvalue weighted by molar-refractivity contribution is 6.05. The number of carbonyl (C=O) groups is 3. The van der Waals surface area contributed by atoms with Crippen molar-refractivity contribution in [3.05, 3.63) is 35.9 Å². The van der Waals surface area contributed by atoms with Crippen LogP contribution < -0.4 is 5.32 Å². The van der Waals surface area contributed by atoms with Crippen LogP contribution in [-0.2, 0) is 20.8 Å². The van der Waals surface area contributed by atoms with Crippen molar-refractivity contribution in [2.45, 2.75) is 76.7 Å². The van der Waals surface area contributed by atoms with E-state index in [1.165, 1.54) is 37.7 Å². The summed E-state index contributed by atoms with van der Waals surface area (Å²) >= 11 is 0. The molecule has 0 saturated carbocycles. The summed E-state index contributed by atoms with van der Waals surface area (Å²) in [6.45, 7) is -0.899. The van der Waals surface area contributed by atoms with Crippen LogP contribution in [0, 0.1) is 0 Å². The molecule has 0 aromatic heterocycles. The SMILES string of the molecule is O=C(CCCCCCCCCCCc1ccccc1)N[C@H](C(=O)O)C(=O)CO. The molecular weight excluding hydrogens is 358 g/mol. The highest BCUT2D eigenvalue weighted by Gasteiger charge is 2.26. The standard InChI is InChI=1S/C22H33NO5/c24-17-19(25)21(22(27)28)23-20(26)16-12-7-5-3-1-2-4-6-9-13-18-14-10-8-11-15-18/h8,10-11,14-15,21,24H,1-7,9,12-13,16-17H2,(H,23,26)(H,27,28)/t21-/m0/s1. The first kappa shape index (κ1) is 23.8. The Morgan fingerprint density at radius 3 is 1.89 bits per heavy atom. The lowest BCUT2D eigenvalue weighted by molar-refractivity contribution is -0.146. The Hall–Kier alpha value is -2.21. The average Bonchev–Trinajstić information content (AvgIpc) is 2.70. The number of amides is 1. The minimum Gasteiger partial charge on any atom is -0.479 e. The molecule has 1 rings (SSSR count). The molecule has 0 aliphatic carbocycles. The van der Waals surface area contributed by atoms with Crippen LogP contribution in [-0.4, -0.2) is 40.5 Å². The van der Waals surface area contributed by atoms with E-state index in [0.29, 0.717) is 6.42 Å². The zero-order valence-electron chi connectivity index (χ0n) is 16.6. The van der Waals surface area contributed by atoms with Crippen molar-refractivity contribution >= 4 is 17.7 Å². The molecule has 156 valence electrons. The molecule has 1 atom stereocenters. The van der Waals surface area contributed by atoms with Gasteiger partial charge >= 0.3 is 5.97 Å². The number of ketones is 1. The van der Waals surface area contributed by atoms with Crippen molar-refractivity contribution in [1.29, 1.82) is 0 Å². The molecule has 1 aromatic carbocycles. The van der Waals surface area contributed by atoms with Crippen LogP contribution in [0.4, 0.5) is 0 Å². The number of rotatable bonds is 16. The van der Waals surface area contributed by atoms with E-state index >= 15 is 0 Å². The first-order valence-corrected chi connectivity index (χ1v) is 10.2. The molecule has 0 spiro atoms. The van der Waals surface area contributed by atoms with Crippen LogP contribution in [0.5, 0.6) is 0 Å². The maximum absolute atomic E-state index is 11.7. The Balaban J connectivity index is 1.95. The maximum atomic E-state index is 11.7. The Labute approximate surface area is 167 Å². The van der Waals surface area contributed by atoms with Gasteiger partial charge in [-0.15, -0.1) is 0 Å². The number of hydrogen-bond donors (Lipinski definition) is 3. The van der Waals surface area contributed by atoms with Crippen molar-refractivity contribution in [2.75, 3.05) is 6.61 Å². The van der Waals surface area contributed by atoms with Crippen molar-refractivity contribution in [3.63, 3.8) is 0 Å². The van der Waals surface area contributed by atoms with Crippen LogP contribution in [0.3, 0.4) is 0 Å². The number of hydrogen-bond acceptors (Lipinski definition) is 4. The number of carboxylic acids is 1. The fourth-order valence-electron chi connectivity index (χ4n) is 3.10. The van der Waals surface area contributed by atoms with Crippen LogP contribution in [0.1, 0.15) is 69.8 Å². The van der Waals surface area contributed by atoms with Gasteiger partial charge in [-0.25, -0.2) is 4.79 Å². The molecule has 1 amide bonds. The molecule has 0 fully saturated rings. The molecule has 6 nitrogen and oxygen atoms in total. The molecular formula is C22H33NO5. The van der Waals surface area contributed by atoms with Crippen LogP contribution in [0.25, 0.3) is 0 Å². The quantitative estimate of drug-likeness (QED) is 0.296. The summed E-state index contributed by atoms with van der Waals surface area (Å²) in [4.78, 5) is 33.9. The van der Waals surface area contributed by atoms with Gasteiger partial charge in [-0.2, -0.15) is 0 Å². The lowest BCUT2D eigenvalue weighted by atomic mass is 10.0. The second kappa shape index (κ2) is 14.8. The van der Waals surface area contributed by atoms with Gasteiger partial charge in [0.1, 0.15) is 6.61 Å². The van der Waals surface area contributed by atoms with E-state index < -0.39 is 30.3 Å². The Morgan fingerprint density at radius 1 is 0.821 bits per heavy atom. The largest absolute Gasteiger partial charge is 0.479 e. The summed E-state index contributed by atoms with van der Waals surface area (Å²) in [7, 11) is 0. The van der Waals surface area contributed by atoms with Crippen molar-refractivity contribution in [2.24, 2.45) is 0 Å². The van der Waals surface area contributed by atoms with E-state index in [4.69, 9.17) is 10.2 Å². The van der Waals surface area contributed by atoms with E-state index in [1.807, 2.05) is 6.07 Å². The minimum absolute atomic E-state index is 0.196. The van der Waals surface area contributed by atoms with Gasteiger partial charge in [-0.1, -0.05) is 75.3 Å². The van der Waals surface area contributed by atoms with Gasteiger partial charge in [0.25, 0.3) is 0 Å². The highest BCUT2D eigenvalue weighted by Crippen LogP contribution is 2.12. The summed E-state index contributed by atoms with van der Waals surface area (Å²) in [6.07, 6.45) is 11.3. The molecule has 0 bridgehead atoms. The molecule has 0 radical (unpaired) electrons. The van der Waals surface area contributed by atoms with Gasteiger partial charge < -0.3 is 15.5 Å². The Bertz CT molecular complexity index is 588. The van der Waals surface area contributed by atoms with Crippen molar-refractivity contribution in [3.8, 4) is 0 Å². The van der Waals surface area contributed by atoms with Crippen LogP contribution >= 0.6 is 0 Å². The third kappa shape index (κ3) is 10.8. The summed E-state index contributed by atoms with van der Waals surface area (Å²) in [5.41, 5.74) is 1.40. The summed E-state index contributed by atoms with van der Waals surface area (Å²) in [5.74, 6) is -2.83. The predicted octanol–water partition coefficient (Wildman–Crippen LogP) is 3.26. The lowest BCUT2D eigenvalue weighted by Crippen LogP contribution is -2.47. The van der Waals surface area contributed by atoms with E-state index in [-0.39, 0.29) is 6.42 Å². The molecule has 0 aliphatic heterocycles. The first-order chi connectivity index (χ1) is 13.5. The van der Waals surface area contributed by atoms with E-state index in [0.717, 1.165) is 25.7 Å². The van der Waals surface area contributed by atoms with E-state index in [2.05, 4.69) is 29.6 Å². The molecule has 28 heavy (non-hydrogen) atoms. The number of aryl methyl sites for hydroxylation is 1. The van der Waals surface area contributed by atoms with Crippen molar-refractivity contribution in [1.82, 2.24) is 5.32 Å². The Kier molecular flexibility index (Phi) is 12.6. The first-order valence-electron chi connectivity index (χ1n) is 10.2. The zero-order valence-corrected chi connectivity index (χ0v) is 16.6. The molecule has 0 heterocycles. The number of aliphatic carboxylic acids is 1. The van der Waals surface area contributed by atoms with E-state index in [9.17, 15) is 14.4 Å². The van der Waals surface area contributed by atoms with Crippen molar-refractivity contribution < 1.29 is 24.6 Å². The number of carboxylic acid groups (broad SMARTS) is 1. The minimum atomic E-state index is -1.65. The van der Waals surface area contributed by atoms with Gasteiger partial charge in [0.2, 0.25) is 5.91 Å². The lowest BCUT2D eigenvalue weighted by Gasteiger charge is -2.12. The second-order valence-corrected chi connectivity index (χ2v) is 7.13. The second-order valence-electron chi connectivity index (χ2n) is 7.13. The predicted molar refractivity (Wildman–Crippen MR) is 108 cm³/mol. The fraction of sp³-hybridized carbons (Fsp3) is 0.591. The number of carbonyl (C=O) groups excluding carboxylic acids is 2. The van der Waals surface area contributed by atoms with Gasteiger partial charge in [0, 0.05) is 6.42 Å². The molecule has 0 unspecified atom stereocenters. The van der Waals surface area contributed by atoms with E-state index in [1.54, 1.807) is 0 Å². The number of aliphatic hydroxyl groups is 1. The maximum Gasteiger partial charge on any atom is 0.334 e. The number of benzene rings is 1. The van der Waals surface area contributed by atoms with Gasteiger partial charge in [-0.05, 0) is 24.8 Å². The van der Waals surface area contributed by atoms with Gasteiger partial charge in [0.15, 0.2) is 11.8 Å². The van der Waals surface area contributed by atoms with Gasteiger partial charge in [0.05, 0.1) is 0 Å². The number of aliphatic hydroxyl groups excluding tert-OH is 1. The highest BCUT2D eigenvalue weighted by atomic mass is 16.4. The zero-order chi connectivity index (χ0) is 20.6. The normalized spacial score (nSPS) is 11.8. The summed E-state index contributed by atoms with van der Waals surface area (Å²) < 4.78 is 0.